The van der Waals surface area contributed by atoms with Crippen LogP contribution >= 0.6 is 23.1 Å². The average Bonchev–Trinajstić information content (AvgIpc) is 2.77. The second-order valence-electron chi connectivity index (χ2n) is 4.17. The molecule has 1 heterocycles. The maximum atomic E-state index is 13.7. The summed E-state index contributed by atoms with van der Waals surface area (Å²) in [6.45, 7) is 1.55. The van der Waals surface area contributed by atoms with Crippen LogP contribution in [0.25, 0.3) is 0 Å². The largest absolute Gasteiger partial charge is 0.389 e. The van der Waals surface area contributed by atoms with Crippen molar-refractivity contribution in [2.45, 2.75) is 22.3 Å². The van der Waals surface area contributed by atoms with Gasteiger partial charge in [-0.2, -0.15) is 0 Å². The Balaban J connectivity index is 2.30. The van der Waals surface area contributed by atoms with E-state index in [0.717, 1.165) is 9.47 Å². The van der Waals surface area contributed by atoms with Crippen molar-refractivity contribution in [3.63, 3.8) is 0 Å². The molecule has 0 bridgehead atoms. The van der Waals surface area contributed by atoms with Crippen molar-refractivity contribution in [2.75, 3.05) is 19.0 Å². The van der Waals surface area contributed by atoms with Gasteiger partial charge in [-0.25, -0.2) is 4.39 Å². The van der Waals surface area contributed by atoms with Crippen molar-refractivity contribution < 1.29 is 9.50 Å². The van der Waals surface area contributed by atoms with Gasteiger partial charge < -0.3 is 10.0 Å². The van der Waals surface area contributed by atoms with Crippen LogP contribution in [0.1, 0.15) is 18.6 Å². The second kappa shape index (κ2) is 5.85. The van der Waals surface area contributed by atoms with Gasteiger partial charge in [0.1, 0.15) is 5.82 Å². The molecule has 0 unspecified atom stereocenters. The minimum Gasteiger partial charge on any atom is -0.389 e. The summed E-state index contributed by atoms with van der Waals surface area (Å²) in [6, 6.07) is 4.74. The zero-order chi connectivity index (χ0) is 14.0. The van der Waals surface area contributed by atoms with E-state index in [-0.39, 0.29) is 0 Å². The van der Waals surface area contributed by atoms with E-state index in [2.05, 4.69) is 10.2 Å². The number of aliphatic hydroxyl groups excluding tert-OH is 1. The number of anilines is 1. The first-order chi connectivity index (χ1) is 8.99. The van der Waals surface area contributed by atoms with Crippen molar-refractivity contribution in [3.05, 3.63) is 29.6 Å². The van der Waals surface area contributed by atoms with E-state index in [9.17, 15) is 9.50 Å². The molecule has 2 aromatic rings. The van der Waals surface area contributed by atoms with Gasteiger partial charge in [0, 0.05) is 24.6 Å². The fourth-order valence-corrected chi connectivity index (χ4v) is 3.49. The predicted octanol–water partition coefficient (Wildman–Crippen LogP) is 2.95. The average molecular weight is 299 g/mol. The van der Waals surface area contributed by atoms with Crippen LogP contribution < -0.4 is 4.90 Å². The second-order valence-corrected chi connectivity index (χ2v) is 6.42. The highest BCUT2D eigenvalue weighted by atomic mass is 32.2. The summed E-state index contributed by atoms with van der Waals surface area (Å²) >= 11 is 2.74. The Kier molecular flexibility index (Phi) is 4.38. The van der Waals surface area contributed by atoms with Gasteiger partial charge in [0.15, 0.2) is 4.34 Å². The van der Waals surface area contributed by atoms with E-state index >= 15 is 0 Å². The van der Waals surface area contributed by atoms with E-state index in [1.165, 1.54) is 29.2 Å². The number of hydrogen-bond donors (Lipinski definition) is 1. The third-order valence-corrected chi connectivity index (χ3v) is 4.62. The lowest BCUT2D eigenvalue weighted by Crippen LogP contribution is -2.07. The normalized spacial score (nSPS) is 12.5. The van der Waals surface area contributed by atoms with Crippen molar-refractivity contribution in [3.8, 4) is 0 Å². The summed E-state index contributed by atoms with van der Waals surface area (Å²) in [5.41, 5.74) is 0.300. The van der Waals surface area contributed by atoms with E-state index in [4.69, 9.17) is 0 Å². The van der Waals surface area contributed by atoms with Gasteiger partial charge in [0.05, 0.1) is 6.10 Å². The minimum atomic E-state index is -0.857. The van der Waals surface area contributed by atoms with Gasteiger partial charge in [-0.3, -0.25) is 0 Å². The van der Waals surface area contributed by atoms with Gasteiger partial charge in [0.25, 0.3) is 0 Å². The fourth-order valence-electron chi connectivity index (χ4n) is 1.53. The summed E-state index contributed by atoms with van der Waals surface area (Å²) in [5.74, 6) is -0.405. The van der Waals surface area contributed by atoms with Gasteiger partial charge in [-0.1, -0.05) is 29.2 Å². The Morgan fingerprint density at radius 3 is 2.68 bits per heavy atom. The van der Waals surface area contributed by atoms with Crippen LogP contribution in [0.2, 0.25) is 0 Å². The molecular formula is C12H14FN3OS2. The third-order valence-electron chi connectivity index (χ3n) is 2.41. The number of aliphatic hydroxyl groups is 1. The van der Waals surface area contributed by atoms with Crippen LogP contribution in [0.4, 0.5) is 9.52 Å². The monoisotopic (exact) mass is 299 g/mol. The van der Waals surface area contributed by atoms with Crippen LogP contribution in [-0.2, 0) is 0 Å². The standard InChI is InChI=1S/C12H14FN3OS2/c1-7(17)10-8(13)5-4-6-9(10)18-12-15-14-11(19-12)16(2)3/h4-7,17H,1-3H3/t7-/m1/s1. The molecule has 19 heavy (non-hydrogen) atoms. The van der Waals surface area contributed by atoms with E-state index in [1.54, 1.807) is 19.1 Å². The van der Waals surface area contributed by atoms with Crippen molar-refractivity contribution in [1.82, 2.24) is 10.2 Å². The van der Waals surface area contributed by atoms with Crippen LogP contribution in [-0.4, -0.2) is 29.4 Å². The maximum absolute atomic E-state index is 13.7. The van der Waals surface area contributed by atoms with Gasteiger partial charge >= 0.3 is 0 Å². The Bertz CT molecular complexity index is 572. The first kappa shape index (κ1) is 14.2. The number of rotatable bonds is 4. The topological polar surface area (TPSA) is 49.3 Å². The lowest BCUT2D eigenvalue weighted by molar-refractivity contribution is 0.191. The summed E-state index contributed by atoms with van der Waals surface area (Å²) < 4.78 is 14.4. The molecule has 0 amide bonds. The zero-order valence-electron chi connectivity index (χ0n) is 10.8. The van der Waals surface area contributed by atoms with Crippen LogP contribution in [0.5, 0.6) is 0 Å². The Morgan fingerprint density at radius 1 is 1.37 bits per heavy atom. The van der Waals surface area contributed by atoms with E-state index in [0.29, 0.717) is 10.5 Å². The molecule has 0 fully saturated rings. The highest BCUT2D eigenvalue weighted by Crippen LogP contribution is 2.37. The SMILES string of the molecule is C[C@@H](O)c1c(F)cccc1Sc1nnc(N(C)C)s1. The highest BCUT2D eigenvalue weighted by Gasteiger charge is 2.16. The molecule has 2 rings (SSSR count). The van der Waals surface area contributed by atoms with Crippen molar-refractivity contribution >= 4 is 28.2 Å². The number of aromatic nitrogens is 2. The Hall–Kier alpha value is -1.18. The fraction of sp³-hybridized carbons (Fsp3) is 0.333. The molecule has 0 aliphatic carbocycles. The van der Waals surface area contributed by atoms with Gasteiger partial charge in [0.2, 0.25) is 5.13 Å². The zero-order valence-corrected chi connectivity index (χ0v) is 12.4. The molecule has 0 saturated carbocycles. The predicted molar refractivity (Wildman–Crippen MR) is 75.4 cm³/mol. The number of hydrogen-bond acceptors (Lipinski definition) is 6. The molecule has 1 atom stereocenters. The summed E-state index contributed by atoms with van der Waals surface area (Å²) in [7, 11) is 3.77. The van der Waals surface area contributed by atoms with Gasteiger partial charge in [-0.15, -0.1) is 10.2 Å². The molecule has 0 spiro atoms. The number of nitrogens with zero attached hydrogens (tertiary/aromatic N) is 3. The van der Waals surface area contributed by atoms with E-state index in [1.807, 2.05) is 19.0 Å². The van der Waals surface area contributed by atoms with Crippen LogP contribution in [0, 0.1) is 5.82 Å². The quantitative estimate of drug-likeness (QED) is 0.940. The van der Waals surface area contributed by atoms with Crippen molar-refractivity contribution in [2.24, 2.45) is 0 Å². The highest BCUT2D eigenvalue weighted by molar-refractivity contribution is 8.01. The molecule has 1 aromatic carbocycles. The van der Waals surface area contributed by atoms with Crippen LogP contribution in [0.15, 0.2) is 27.4 Å². The molecule has 0 aliphatic heterocycles. The Morgan fingerprint density at radius 2 is 2.11 bits per heavy atom. The summed E-state index contributed by atoms with van der Waals surface area (Å²) in [4.78, 5) is 2.53. The van der Waals surface area contributed by atoms with Crippen LogP contribution in [0.3, 0.4) is 0 Å². The molecule has 4 nitrogen and oxygen atoms in total. The summed E-state index contributed by atoms with van der Waals surface area (Å²) in [5, 5.41) is 18.5. The lowest BCUT2D eigenvalue weighted by Gasteiger charge is -2.11. The minimum absolute atomic E-state index is 0.300. The molecular weight excluding hydrogens is 285 g/mol. The molecule has 0 saturated heterocycles. The number of benzene rings is 1. The molecule has 0 aliphatic rings. The number of halogens is 1. The third kappa shape index (κ3) is 3.23. The Labute approximate surface area is 119 Å². The molecule has 1 N–H and O–H groups in total. The van der Waals surface area contributed by atoms with Crippen molar-refractivity contribution in [1.29, 1.82) is 0 Å². The van der Waals surface area contributed by atoms with E-state index < -0.39 is 11.9 Å². The molecule has 102 valence electrons. The molecule has 1 aromatic heterocycles. The molecule has 7 heteroatoms. The first-order valence-corrected chi connectivity index (χ1v) is 7.27. The maximum Gasteiger partial charge on any atom is 0.208 e. The molecule has 0 radical (unpaired) electrons. The van der Waals surface area contributed by atoms with Gasteiger partial charge in [-0.05, 0) is 19.1 Å². The smallest absolute Gasteiger partial charge is 0.208 e. The lowest BCUT2D eigenvalue weighted by atomic mass is 10.1. The summed E-state index contributed by atoms with van der Waals surface area (Å²) in [6.07, 6.45) is -0.857. The first-order valence-electron chi connectivity index (χ1n) is 5.64.